The molecule has 2 aliphatic rings. The Labute approximate surface area is 138 Å². The molecular weight excluding hydrogens is 368 g/mol. The van der Waals surface area contributed by atoms with Gasteiger partial charge in [-0.3, -0.25) is 10.1 Å². The van der Waals surface area contributed by atoms with Crippen LogP contribution in [0.3, 0.4) is 0 Å². The molecule has 12 heteroatoms. The highest BCUT2D eigenvalue weighted by molar-refractivity contribution is 5.85. The van der Waals surface area contributed by atoms with Gasteiger partial charge in [0.15, 0.2) is 11.6 Å². The van der Waals surface area contributed by atoms with Crippen LogP contribution in [-0.2, 0) is 0 Å². The van der Waals surface area contributed by atoms with E-state index in [1.807, 2.05) is 0 Å². The molecule has 1 aromatic rings. The summed E-state index contributed by atoms with van der Waals surface area (Å²) in [6.07, 6.45) is 0. The predicted molar refractivity (Wildman–Crippen MR) is 75.2 cm³/mol. The topological polar surface area (TPSA) is 58.4 Å². The quantitative estimate of drug-likeness (QED) is 0.487. The number of nitrogens with zero attached hydrogens (tertiary/aromatic N) is 2. The van der Waals surface area contributed by atoms with Gasteiger partial charge < -0.3 is 10.2 Å². The highest BCUT2D eigenvalue weighted by Crippen LogP contribution is 2.36. The van der Waals surface area contributed by atoms with E-state index in [-0.39, 0.29) is 25.5 Å². The molecule has 0 atom stereocenters. The van der Waals surface area contributed by atoms with E-state index >= 15 is 0 Å². The summed E-state index contributed by atoms with van der Waals surface area (Å²) < 4.78 is 74.8. The lowest BCUT2D eigenvalue weighted by Gasteiger charge is -2.40. The van der Waals surface area contributed by atoms with Crippen molar-refractivity contribution in [2.75, 3.05) is 31.1 Å². The third-order valence-corrected chi connectivity index (χ3v) is 3.14. The van der Waals surface area contributed by atoms with Crippen molar-refractivity contribution in [3.05, 3.63) is 33.9 Å². The standard InChI is InChI=1S/C9H6F4N2O2.C3H5F2N.ClH/c10-6-1-5(15(16)17)2-7(11)8(6)14-3-9(12,13)4-14;4-3(5)1-6-2-3;/h1-2H,3-4H2;6H,1-2H2;1H. The number of non-ortho nitro benzene ring substituents is 1. The minimum atomic E-state index is -2.97. The van der Waals surface area contributed by atoms with Crippen LogP contribution in [0.4, 0.5) is 37.7 Å². The number of halogens is 7. The highest BCUT2D eigenvalue weighted by Gasteiger charge is 2.46. The molecule has 0 unspecified atom stereocenters. The molecule has 0 bridgehead atoms. The number of nitrogens with one attached hydrogen (secondary N) is 1. The van der Waals surface area contributed by atoms with Gasteiger partial charge in [-0.1, -0.05) is 0 Å². The van der Waals surface area contributed by atoms with Crippen molar-refractivity contribution >= 4 is 23.8 Å². The Morgan fingerprint density at radius 1 is 1.04 bits per heavy atom. The number of hydrogen-bond donors (Lipinski definition) is 1. The number of alkyl halides is 4. The predicted octanol–water partition coefficient (Wildman–Crippen LogP) is 2.98. The molecule has 136 valence electrons. The minimum absolute atomic E-state index is 0. The number of hydrogen-bond acceptors (Lipinski definition) is 4. The molecule has 2 heterocycles. The highest BCUT2D eigenvalue weighted by atomic mass is 35.5. The molecule has 0 aliphatic carbocycles. The zero-order valence-electron chi connectivity index (χ0n) is 11.9. The molecule has 2 saturated heterocycles. The van der Waals surface area contributed by atoms with Crippen LogP contribution in [0.15, 0.2) is 12.1 Å². The molecular formula is C12H12ClF6N3O2. The van der Waals surface area contributed by atoms with E-state index in [0.717, 1.165) is 4.90 Å². The fourth-order valence-corrected chi connectivity index (χ4v) is 1.94. The van der Waals surface area contributed by atoms with Crippen LogP contribution < -0.4 is 10.2 Å². The third-order valence-electron chi connectivity index (χ3n) is 3.14. The van der Waals surface area contributed by atoms with Crippen LogP contribution >= 0.6 is 12.4 Å². The maximum Gasteiger partial charge on any atom is 0.282 e. The summed E-state index contributed by atoms with van der Waals surface area (Å²) in [4.78, 5) is 10.2. The Balaban J connectivity index is 0.000000349. The van der Waals surface area contributed by atoms with E-state index in [2.05, 4.69) is 5.32 Å². The zero-order chi connectivity index (χ0) is 17.4. The van der Waals surface area contributed by atoms with Crippen molar-refractivity contribution in [2.24, 2.45) is 0 Å². The van der Waals surface area contributed by atoms with Gasteiger partial charge in [-0.05, 0) is 0 Å². The van der Waals surface area contributed by atoms with Crippen LogP contribution in [0.2, 0.25) is 0 Å². The van der Waals surface area contributed by atoms with Crippen molar-refractivity contribution in [3.8, 4) is 0 Å². The summed E-state index contributed by atoms with van der Waals surface area (Å²) in [7, 11) is 0. The van der Waals surface area contributed by atoms with Crippen LogP contribution in [0.25, 0.3) is 0 Å². The van der Waals surface area contributed by atoms with E-state index in [4.69, 9.17) is 0 Å². The molecule has 0 saturated carbocycles. The van der Waals surface area contributed by atoms with Gasteiger partial charge in [0.05, 0.1) is 43.2 Å². The Morgan fingerprint density at radius 3 is 1.71 bits per heavy atom. The fraction of sp³-hybridized carbons (Fsp3) is 0.500. The van der Waals surface area contributed by atoms with Crippen molar-refractivity contribution in [3.63, 3.8) is 0 Å². The average Bonchev–Trinajstić information content (AvgIpc) is 2.34. The Hall–Kier alpha value is -1.75. The first-order chi connectivity index (χ1) is 10.5. The first kappa shape index (κ1) is 20.3. The van der Waals surface area contributed by atoms with Crippen molar-refractivity contribution in [1.82, 2.24) is 5.32 Å². The summed E-state index contributed by atoms with van der Waals surface area (Å²) in [6, 6.07) is 1.02. The number of anilines is 1. The molecule has 24 heavy (non-hydrogen) atoms. The molecule has 1 N–H and O–H groups in total. The first-order valence-corrected chi connectivity index (χ1v) is 6.35. The van der Waals surface area contributed by atoms with Gasteiger partial charge in [-0.15, -0.1) is 12.4 Å². The second-order valence-corrected chi connectivity index (χ2v) is 5.19. The Bertz CT molecular complexity index is 594. The van der Waals surface area contributed by atoms with Gasteiger partial charge in [0.1, 0.15) is 5.69 Å². The molecule has 2 aliphatic heterocycles. The van der Waals surface area contributed by atoms with Crippen molar-refractivity contribution in [2.45, 2.75) is 11.8 Å². The molecule has 3 rings (SSSR count). The van der Waals surface area contributed by atoms with E-state index < -0.39 is 52.9 Å². The Kier molecular flexibility index (Phi) is 5.93. The van der Waals surface area contributed by atoms with E-state index in [1.165, 1.54) is 0 Å². The van der Waals surface area contributed by atoms with Gasteiger partial charge in [0, 0.05) is 0 Å². The molecule has 0 radical (unpaired) electrons. The van der Waals surface area contributed by atoms with Crippen LogP contribution in [-0.4, -0.2) is 42.9 Å². The second kappa shape index (κ2) is 7.01. The minimum Gasteiger partial charge on any atom is -0.355 e. The smallest absolute Gasteiger partial charge is 0.282 e. The van der Waals surface area contributed by atoms with Crippen molar-refractivity contribution < 1.29 is 31.3 Å². The van der Waals surface area contributed by atoms with Crippen LogP contribution in [0.1, 0.15) is 0 Å². The molecule has 2 fully saturated rings. The average molecular weight is 380 g/mol. The van der Waals surface area contributed by atoms with Gasteiger partial charge in [-0.2, -0.15) is 0 Å². The van der Waals surface area contributed by atoms with Gasteiger partial charge in [-0.25, -0.2) is 26.3 Å². The number of nitro benzene ring substituents is 1. The summed E-state index contributed by atoms with van der Waals surface area (Å²) in [5, 5.41) is 12.8. The lowest BCUT2D eigenvalue weighted by Crippen LogP contribution is -2.57. The number of benzene rings is 1. The SMILES string of the molecule is Cl.FC1(F)CNC1.O=[N+]([O-])c1cc(F)c(N2CC(F)(F)C2)c(F)c1. The molecule has 1 aromatic carbocycles. The van der Waals surface area contributed by atoms with Gasteiger partial charge in [0.25, 0.3) is 17.5 Å². The van der Waals surface area contributed by atoms with E-state index in [1.54, 1.807) is 0 Å². The monoisotopic (exact) mass is 379 g/mol. The summed E-state index contributed by atoms with van der Waals surface area (Å²) in [5.74, 6) is -7.79. The molecule has 0 spiro atoms. The molecule has 0 aromatic heterocycles. The lowest BCUT2D eigenvalue weighted by atomic mass is 10.1. The first-order valence-electron chi connectivity index (χ1n) is 6.35. The molecule has 5 nitrogen and oxygen atoms in total. The maximum absolute atomic E-state index is 13.4. The van der Waals surface area contributed by atoms with Crippen LogP contribution in [0.5, 0.6) is 0 Å². The largest absolute Gasteiger partial charge is 0.355 e. The van der Waals surface area contributed by atoms with Gasteiger partial charge in [0.2, 0.25) is 0 Å². The normalized spacial score (nSPS) is 19.8. The summed E-state index contributed by atoms with van der Waals surface area (Å²) in [6.45, 7) is -1.85. The Morgan fingerprint density at radius 2 is 1.46 bits per heavy atom. The zero-order valence-corrected chi connectivity index (χ0v) is 12.7. The maximum atomic E-state index is 13.4. The second-order valence-electron chi connectivity index (χ2n) is 5.19. The fourth-order valence-electron chi connectivity index (χ4n) is 1.94. The number of nitro groups is 1. The number of rotatable bonds is 2. The van der Waals surface area contributed by atoms with E-state index in [0.29, 0.717) is 12.1 Å². The lowest BCUT2D eigenvalue weighted by molar-refractivity contribution is -0.385. The summed E-state index contributed by atoms with van der Waals surface area (Å²) >= 11 is 0. The van der Waals surface area contributed by atoms with E-state index in [9.17, 15) is 36.5 Å². The van der Waals surface area contributed by atoms with Crippen molar-refractivity contribution in [1.29, 1.82) is 0 Å². The summed E-state index contributed by atoms with van der Waals surface area (Å²) in [5.41, 5.74) is -1.41. The van der Waals surface area contributed by atoms with Crippen LogP contribution in [0, 0.1) is 21.7 Å². The molecule has 0 amide bonds. The van der Waals surface area contributed by atoms with Gasteiger partial charge >= 0.3 is 0 Å². The third kappa shape index (κ3) is 4.63.